The normalized spacial score (nSPS) is 25.3. The standard InChI is InChI=1S/C21H28ClN3O3/c1-23-10-12-24(13-11-23)20(27)18-15-28-21(8-3-2-4-9-21)25(18)19(26)16-6-5-7-17(22)14-16/h5-7,14,18H,2-4,8-13,15H2,1H3. The van der Waals surface area contributed by atoms with Crippen molar-refractivity contribution in [2.45, 2.75) is 43.9 Å². The lowest BCUT2D eigenvalue weighted by atomic mass is 9.89. The quantitative estimate of drug-likeness (QED) is 0.759. The largest absolute Gasteiger partial charge is 0.353 e. The van der Waals surface area contributed by atoms with Gasteiger partial charge in [-0.1, -0.05) is 24.1 Å². The summed E-state index contributed by atoms with van der Waals surface area (Å²) in [7, 11) is 2.06. The Labute approximate surface area is 171 Å². The zero-order valence-electron chi connectivity index (χ0n) is 16.4. The van der Waals surface area contributed by atoms with E-state index in [0.717, 1.165) is 45.2 Å². The molecule has 2 amide bonds. The maximum atomic E-state index is 13.5. The molecule has 1 unspecified atom stereocenters. The van der Waals surface area contributed by atoms with Crippen molar-refractivity contribution in [2.75, 3.05) is 39.8 Å². The molecule has 4 rings (SSSR count). The summed E-state index contributed by atoms with van der Waals surface area (Å²) >= 11 is 6.13. The summed E-state index contributed by atoms with van der Waals surface area (Å²) in [5.74, 6) is -0.152. The molecule has 2 saturated heterocycles. The predicted molar refractivity (Wildman–Crippen MR) is 107 cm³/mol. The van der Waals surface area contributed by atoms with Gasteiger partial charge in [0.25, 0.3) is 5.91 Å². The zero-order valence-corrected chi connectivity index (χ0v) is 17.2. The Balaban J connectivity index is 1.63. The van der Waals surface area contributed by atoms with Crippen molar-refractivity contribution < 1.29 is 14.3 Å². The Morgan fingerprint density at radius 3 is 2.50 bits per heavy atom. The van der Waals surface area contributed by atoms with Crippen LogP contribution in [0.4, 0.5) is 0 Å². The number of nitrogens with zero attached hydrogens (tertiary/aromatic N) is 3. The van der Waals surface area contributed by atoms with Crippen molar-refractivity contribution in [1.82, 2.24) is 14.7 Å². The van der Waals surface area contributed by atoms with Crippen LogP contribution in [0.5, 0.6) is 0 Å². The molecule has 1 aromatic rings. The molecular formula is C21H28ClN3O3. The van der Waals surface area contributed by atoms with Gasteiger partial charge < -0.3 is 14.5 Å². The van der Waals surface area contributed by atoms with Gasteiger partial charge in [0.05, 0.1) is 6.61 Å². The minimum absolute atomic E-state index is 0.00549. The lowest BCUT2D eigenvalue weighted by Gasteiger charge is -2.42. The van der Waals surface area contributed by atoms with Crippen LogP contribution in [0.15, 0.2) is 24.3 Å². The first-order valence-electron chi connectivity index (χ1n) is 10.2. The topological polar surface area (TPSA) is 53.1 Å². The molecule has 0 bridgehead atoms. The molecule has 1 aromatic carbocycles. The summed E-state index contributed by atoms with van der Waals surface area (Å²) in [5.41, 5.74) is -0.149. The number of halogens is 1. The summed E-state index contributed by atoms with van der Waals surface area (Å²) in [6, 6.07) is 6.41. The molecule has 0 N–H and O–H groups in total. The molecule has 1 spiro atoms. The molecule has 1 atom stereocenters. The monoisotopic (exact) mass is 405 g/mol. The second-order valence-electron chi connectivity index (χ2n) is 8.15. The van der Waals surface area contributed by atoms with Crippen LogP contribution >= 0.6 is 11.6 Å². The smallest absolute Gasteiger partial charge is 0.256 e. The highest BCUT2D eigenvalue weighted by Crippen LogP contribution is 2.41. The summed E-state index contributed by atoms with van der Waals surface area (Å²) in [6.07, 6.45) is 4.72. The van der Waals surface area contributed by atoms with E-state index in [-0.39, 0.29) is 18.4 Å². The number of rotatable bonds is 2. The van der Waals surface area contributed by atoms with Gasteiger partial charge in [-0.3, -0.25) is 14.5 Å². The molecule has 3 fully saturated rings. The van der Waals surface area contributed by atoms with E-state index in [2.05, 4.69) is 11.9 Å². The predicted octanol–water partition coefficient (Wildman–Crippen LogP) is 2.62. The van der Waals surface area contributed by atoms with E-state index in [0.29, 0.717) is 23.7 Å². The molecule has 2 aliphatic heterocycles. The SMILES string of the molecule is CN1CCN(C(=O)C2COC3(CCCCC3)N2C(=O)c2cccc(Cl)c2)CC1. The van der Waals surface area contributed by atoms with Gasteiger partial charge in [-0.05, 0) is 50.9 Å². The van der Waals surface area contributed by atoms with Crippen LogP contribution < -0.4 is 0 Å². The molecule has 6 nitrogen and oxygen atoms in total. The fourth-order valence-electron chi connectivity index (χ4n) is 4.66. The van der Waals surface area contributed by atoms with E-state index in [1.54, 1.807) is 29.2 Å². The third kappa shape index (κ3) is 3.65. The highest BCUT2D eigenvalue weighted by molar-refractivity contribution is 6.31. The summed E-state index contributed by atoms with van der Waals surface area (Å²) in [5, 5.41) is 0.519. The summed E-state index contributed by atoms with van der Waals surface area (Å²) < 4.78 is 6.23. The van der Waals surface area contributed by atoms with E-state index in [1.807, 2.05) is 4.90 Å². The Morgan fingerprint density at radius 1 is 1.11 bits per heavy atom. The molecule has 28 heavy (non-hydrogen) atoms. The summed E-state index contributed by atoms with van der Waals surface area (Å²) in [6.45, 7) is 3.37. The lowest BCUT2D eigenvalue weighted by molar-refractivity contribution is -0.138. The fourth-order valence-corrected chi connectivity index (χ4v) is 4.85. The molecule has 7 heteroatoms. The maximum absolute atomic E-state index is 13.5. The van der Waals surface area contributed by atoms with Crippen LogP contribution in [0, 0.1) is 0 Å². The highest BCUT2D eigenvalue weighted by atomic mass is 35.5. The number of hydrogen-bond acceptors (Lipinski definition) is 4. The van der Waals surface area contributed by atoms with Crippen LogP contribution in [-0.4, -0.2) is 78.1 Å². The number of carbonyl (C=O) groups excluding carboxylic acids is 2. The van der Waals surface area contributed by atoms with Crippen molar-refractivity contribution in [1.29, 1.82) is 0 Å². The van der Waals surface area contributed by atoms with Gasteiger partial charge in [-0.15, -0.1) is 0 Å². The number of hydrogen-bond donors (Lipinski definition) is 0. The second-order valence-corrected chi connectivity index (χ2v) is 8.58. The van der Waals surface area contributed by atoms with Gasteiger partial charge in [0, 0.05) is 36.8 Å². The Kier molecular flexibility index (Phi) is 5.63. The van der Waals surface area contributed by atoms with E-state index in [1.165, 1.54) is 0 Å². The molecule has 0 aromatic heterocycles. The van der Waals surface area contributed by atoms with Gasteiger partial charge in [0.2, 0.25) is 5.91 Å². The second kappa shape index (κ2) is 8.01. The Morgan fingerprint density at radius 2 is 1.82 bits per heavy atom. The molecular weight excluding hydrogens is 378 g/mol. The van der Waals surface area contributed by atoms with Crippen LogP contribution in [0.25, 0.3) is 0 Å². The number of benzene rings is 1. The third-order valence-electron chi connectivity index (χ3n) is 6.29. The number of amides is 2. The minimum Gasteiger partial charge on any atom is -0.353 e. The first-order chi connectivity index (χ1) is 13.5. The van der Waals surface area contributed by atoms with Crippen molar-refractivity contribution in [3.8, 4) is 0 Å². The Hall–Kier alpha value is -1.63. The lowest BCUT2D eigenvalue weighted by Crippen LogP contribution is -2.58. The third-order valence-corrected chi connectivity index (χ3v) is 6.52. The van der Waals surface area contributed by atoms with E-state index in [4.69, 9.17) is 16.3 Å². The molecule has 3 aliphatic rings. The number of ether oxygens (including phenoxy) is 1. The molecule has 152 valence electrons. The molecule has 0 radical (unpaired) electrons. The maximum Gasteiger partial charge on any atom is 0.256 e. The van der Waals surface area contributed by atoms with Gasteiger partial charge in [-0.25, -0.2) is 0 Å². The van der Waals surface area contributed by atoms with Gasteiger partial charge in [0.1, 0.15) is 11.8 Å². The van der Waals surface area contributed by atoms with Gasteiger partial charge in [-0.2, -0.15) is 0 Å². The van der Waals surface area contributed by atoms with Crippen molar-refractivity contribution in [2.24, 2.45) is 0 Å². The van der Waals surface area contributed by atoms with Crippen LogP contribution in [0.1, 0.15) is 42.5 Å². The van der Waals surface area contributed by atoms with Gasteiger partial charge in [0.15, 0.2) is 0 Å². The van der Waals surface area contributed by atoms with E-state index >= 15 is 0 Å². The van der Waals surface area contributed by atoms with E-state index in [9.17, 15) is 9.59 Å². The van der Waals surface area contributed by atoms with Gasteiger partial charge >= 0.3 is 0 Å². The number of carbonyl (C=O) groups is 2. The molecule has 2 heterocycles. The molecule has 1 saturated carbocycles. The zero-order chi connectivity index (χ0) is 19.7. The van der Waals surface area contributed by atoms with E-state index < -0.39 is 11.8 Å². The first-order valence-corrected chi connectivity index (χ1v) is 10.6. The average Bonchev–Trinajstić information content (AvgIpc) is 3.06. The van der Waals surface area contributed by atoms with Crippen LogP contribution in [-0.2, 0) is 9.53 Å². The first kappa shape index (κ1) is 19.7. The van der Waals surface area contributed by atoms with Crippen molar-refractivity contribution >= 4 is 23.4 Å². The van der Waals surface area contributed by atoms with Crippen LogP contribution in [0.2, 0.25) is 5.02 Å². The average molecular weight is 406 g/mol. The fraction of sp³-hybridized carbons (Fsp3) is 0.619. The van der Waals surface area contributed by atoms with Crippen LogP contribution in [0.3, 0.4) is 0 Å². The summed E-state index contributed by atoms with van der Waals surface area (Å²) in [4.78, 5) is 32.7. The molecule has 1 aliphatic carbocycles. The number of likely N-dealkylation sites (N-methyl/N-ethyl adjacent to an activating group) is 1. The van der Waals surface area contributed by atoms with Crippen molar-refractivity contribution in [3.05, 3.63) is 34.9 Å². The highest BCUT2D eigenvalue weighted by Gasteiger charge is 2.53. The van der Waals surface area contributed by atoms with Crippen molar-refractivity contribution in [3.63, 3.8) is 0 Å². The minimum atomic E-state index is -0.662. The number of piperazine rings is 1. The Bertz CT molecular complexity index is 742.